The fraction of sp³-hybridized carbons (Fsp3) is 0.455. The third-order valence-corrected chi connectivity index (χ3v) is 4.22. The van der Waals surface area contributed by atoms with Crippen LogP contribution in [0.5, 0.6) is 5.75 Å². The first-order valence-electron chi connectivity index (χ1n) is 9.69. The van der Waals surface area contributed by atoms with Crippen molar-refractivity contribution >= 4 is 5.69 Å². The number of nitrogens with zero attached hydrogens (tertiary/aromatic N) is 1. The van der Waals surface area contributed by atoms with Crippen LogP contribution >= 0.6 is 0 Å². The maximum absolute atomic E-state index is 11.0. The molecule has 0 saturated heterocycles. The molecular weight excluding hydrogens is 340 g/mol. The average Bonchev–Trinajstić information content (AvgIpc) is 2.71. The molecule has 5 nitrogen and oxygen atoms in total. The highest BCUT2D eigenvalue weighted by atomic mass is 16.6. The van der Waals surface area contributed by atoms with Crippen LogP contribution in [-0.2, 0) is 13.0 Å². The van der Waals surface area contributed by atoms with Gasteiger partial charge >= 0.3 is 5.69 Å². The molecule has 0 radical (unpaired) electrons. The number of benzene rings is 2. The largest absolute Gasteiger partial charge is 0.482 e. The third-order valence-electron chi connectivity index (χ3n) is 4.22. The van der Waals surface area contributed by atoms with E-state index < -0.39 is 4.92 Å². The zero-order valence-corrected chi connectivity index (χ0v) is 16.9. The number of nitro benzene ring substituents is 1. The lowest BCUT2D eigenvalue weighted by Crippen LogP contribution is -2.25. The zero-order chi connectivity index (χ0) is 20.1. The Kier molecular flexibility index (Phi) is 10.8. The van der Waals surface area contributed by atoms with Crippen molar-refractivity contribution in [1.82, 2.24) is 5.32 Å². The first-order chi connectivity index (χ1) is 13.0. The summed E-state index contributed by atoms with van der Waals surface area (Å²) in [6.07, 6.45) is 3.24. The monoisotopic (exact) mass is 372 g/mol. The molecule has 27 heavy (non-hydrogen) atoms. The van der Waals surface area contributed by atoms with Gasteiger partial charge in [0, 0.05) is 12.1 Å². The van der Waals surface area contributed by atoms with Gasteiger partial charge in [-0.25, -0.2) is 0 Å². The Hall–Kier alpha value is -2.40. The Bertz CT molecular complexity index is 675. The van der Waals surface area contributed by atoms with Crippen LogP contribution < -0.4 is 10.1 Å². The van der Waals surface area contributed by atoms with E-state index in [1.54, 1.807) is 12.1 Å². The van der Waals surface area contributed by atoms with Crippen molar-refractivity contribution in [1.29, 1.82) is 0 Å². The first-order valence-corrected chi connectivity index (χ1v) is 9.69. The van der Waals surface area contributed by atoms with Crippen LogP contribution in [0.15, 0.2) is 48.5 Å². The van der Waals surface area contributed by atoms with Gasteiger partial charge in [0.2, 0.25) is 0 Å². The van der Waals surface area contributed by atoms with Crippen LogP contribution in [0.2, 0.25) is 0 Å². The number of rotatable bonds is 9. The second kappa shape index (κ2) is 12.9. The van der Waals surface area contributed by atoms with Crippen molar-refractivity contribution in [3.8, 4) is 5.75 Å². The maximum atomic E-state index is 11.0. The van der Waals surface area contributed by atoms with Gasteiger partial charge in [-0.05, 0) is 49.9 Å². The average molecular weight is 373 g/mol. The highest BCUT2D eigenvalue weighted by molar-refractivity contribution is 5.48. The van der Waals surface area contributed by atoms with Crippen molar-refractivity contribution in [2.75, 3.05) is 6.54 Å². The lowest BCUT2D eigenvalue weighted by Gasteiger charge is -2.08. The highest BCUT2D eigenvalue weighted by Crippen LogP contribution is 2.28. The Labute approximate surface area is 162 Å². The number of aryl methyl sites for hydroxylation is 1. The van der Waals surface area contributed by atoms with Gasteiger partial charge in [-0.15, -0.1) is 0 Å². The summed E-state index contributed by atoms with van der Waals surface area (Å²) >= 11 is 0. The molecule has 148 valence electrons. The van der Waals surface area contributed by atoms with Crippen molar-refractivity contribution in [3.63, 3.8) is 0 Å². The summed E-state index contributed by atoms with van der Waals surface area (Å²) in [5, 5.41) is 14.4. The van der Waals surface area contributed by atoms with Crippen molar-refractivity contribution in [3.05, 3.63) is 69.8 Å². The molecule has 0 aliphatic carbocycles. The summed E-state index contributed by atoms with van der Waals surface area (Å²) in [5.41, 5.74) is 1.94. The van der Waals surface area contributed by atoms with Crippen LogP contribution in [0.25, 0.3) is 0 Å². The number of nitro groups is 1. The van der Waals surface area contributed by atoms with E-state index in [0.717, 1.165) is 24.1 Å². The lowest BCUT2D eigenvalue weighted by molar-refractivity contribution is -0.386. The van der Waals surface area contributed by atoms with Crippen LogP contribution in [-0.4, -0.2) is 17.5 Å². The minimum absolute atomic E-state index is 0.0234. The maximum Gasteiger partial charge on any atom is 0.311 e. The molecule has 0 fully saturated rings. The molecule has 0 bridgehead atoms. The number of nitrogens with one attached hydrogen (secondary N) is 1. The van der Waals surface area contributed by atoms with E-state index in [-0.39, 0.29) is 5.69 Å². The fourth-order valence-corrected chi connectivity index (χ4v) is 2.32. The Morgan fingerprint density at radius 1 is 1.07 bits per heavy atom. The molecule has 1 unspecified atom stereocenters. The van der Waals surface area contributed by atoms with E-state index in [0.29, 0.717) is 18.4 Å². The zero-order valence-electron chi connectivity index (χ0n) is 16.9. The summed E-state index contributed by atoms with van der Waals surface area (Å²) in [6.45, 7) is 10.1. The van der Waals surface area contributed by atoms with Gasteiger partial charge in [0.15, 0.2) is 5.75 Å². The van der Waals surface area contributed by atoms with Gasteiger partial charge < -0.3 is 10.1 Å². The topological polar surface area (TPSA) is 64.4 Å². The minimum atomic E-state index is -0.403. The molecule has 2 aromatic rings. The van der Waals surface area contributed by atoms with E-state index >= 15 is 0 Å². The van der Waals surface area contributed by atoms with Gasteiger partial charge in [-0.3, -0.25) is 10.1 Å². The summed E-state index contributed by atoms with van der Waals surface area (Å²) in [5.74, 6) is 0.311. The molecule has 0 aliphatic rings. The SMILES string of the molecule is CCCNC(C)CC.CCc1ccc(OCc2ccccc2)c([N+](=O)[O-])c1. The van der Waals surface area contributed by atoms with Crippen molar-refractivity contribution in [2.24, 2.45) is 0 Å². The minimum Gasteiger partial charge on any atom is -0.482 e. The molecule has 5 heteroatoms. The summed E-state index contributed by atoms with van der Waals surface area (Å²) in [7, 11) is 0. The summed E-state index contributed by atoms with van der Waals surface area (Å²) in [4.78, 5) is 10.6. The molecule has 0 aliphatic heterocycles. The summed E-state index contributed by atoms with van der Waals surface area (Å²) < 4.78 is 5.54. The number of ether oxygens (including phenoxy) is 1. The fourth-order valence-electron chi connectivity index (χ4n) is 2.32. The van der Waals surface area contributed by atoms with E-state index in [1.807, 2.05) is 43.3 Å². The van der Waals surface area contributed by atoms with E-state index in [4.69, 9.17) is 4.74 Å². The standard InChI is InChI=1S/C15H15NO3.C7H17N/c1-2-12-8-9-15(14(10-12)16(17)18)19-11-13-6-4-3-5-7-13;1-4-6-8-7(3)5-2/h3-10H,2,11H2,1H3;7-8H,4-6H2,1-3H3. The van der Waals surface area contributed by atoms with Crippen LogP contribution in [0, 0.1) is 10.1 Å². The van der Waals surface area contributed by atoms with Crippen LogP contribution in [0.3, 0.4) is 0 Å². The van der Waals surface area contributed by atoms with Gasteiger partial charge in [-0.2, -0.15) is 0 Å². The van der Waals surface area contributed by atoms with Crippen LogP contribution in [0.1, 0.15) is 51.7 Å². The van der Waals surface area contributed by atoms with Crippen LogP contribution in [0.4, 0.5) is 5.69 Å². The van der Waals surface area contributed by atoms with E-state index in [9.17, 15) is 10.1 Å². The molecule has 0 saturated carbocycles. The molecule has 2 aromatic carbocycles. The lowest BCUT2D eigenvalue weighted by atomic mass is 10.1. The van der Waals surface area contributed by atoms with Gasteiger partial charge in [0.25, 0.3) is 0 Å². The molecule has 2 rings (SSSR count). The molecule has 0 amide bonds. The van der Waals surface area contributed by atoms with Gasteiger partial charge in [0.1, 0.15) is 6.61 Å². The molecule has 0 aromatic heterocycles. The van der Waals surface area contributed by atoms with Crippen molar-refractivity contribution in [2.45, 2.75) is 59.6 Å². The molecule has 0 heterocycles. The quantitative estimate of drug-likeness (QED) is 0.465. The molecule has 0 spiro atoms. The predicted octanol–water partition coefficient (Wildman–Crippen LogP) is 5.52. The Balaban J connectivity index is 0.000000387. The summed E-state index contributed by atoms with van der Waals surface area (Å²) in [6, 6.07) is 15.4. The van der Waals surface area contributed by atoms with Gasteiger partial charge in [-0.1, -0.05) is 57.2 Å². The Morgan fingerprint density at radius 3 is 2.33 bits per heavy atom. The molecular formula is C22H32N2O3. The van der Waals surface area contributed by atoms with Gasteiger partial charge in [0.05, 0.1) is 4.92 Å². The number of hydrogen-bond acceptors (Lipinski definition) is 4. The molecule has 1 atom stereocenters. The Morgan fingerprint density at radius 2 is 1.78 bits per heavy atom. The predicted molar refractivity (Wildman–Crippen MR) is 111 cm³/mol. The normalized spacial score (nSPS) is 11.3. The first kappa shape index (κ1) is 22.6. The third kappa shape index (κ3) is 8.69. The second-order valence-corrected chi connectivity index (χ2v) is 6.45. The van der Waals surface area contributed by atoms with E-state index in [2.05, 4.69) is 26.1 Å². The van der Waals surface area contributed by atoms with E-state index in [1.165, 1.54) is 12.8 Å². The smallest absolute Gasteiger partial charge is 0.311 e. The van der Waals surface area contributed by atoms with Crippen molar-refractivity contribution < 1.29 is 9.66 Å². The highest BCUT2D eigenvalue weighted by Gasteiger charge is 2.15. The number of hydrogen-bond donors (Lipinski definition) is 1. The molecule has 1 N–H and O–H groups in total. The second-order valence-electron chi connectivity index (χ2n) is 6.45.